The Balaban J connectivity index is 1.34. The van der Waals surface area contributed by atoms with Crippen molar-refractivity contribution in [3.63, 3.8) is 0 Å². The molecule has 1 unspecified atom stereocenters. The molecule has 4 saturated heterocycles. The van der Waals surface area contributed by atoms with Gasteiger partial charge in [0.1, 0.15) is 17.0 Å². The van der Waals surface area contributed by atoms with Gasteiger partial charge in [-0.3, -0.25) is 14.6 Å². The van der Waals surface area contributed by atoms with Crippen LogP contribution in [0.15, 0.2) is 22.7 Å². The SMILES string of the molecule is O=C(N[C@H]1CN2CCC1CC2)c1cc2oc(C3CCCNC3=O)cc2cn1. The highest BCUT2D eigenvalue weighted by Gasteiger charge is 2.35. The number of pyridine rings is 1. The zero-order valence-corrected chi connectivity index (χ0v) is 15.2. The Labute approximate surface area is 157 Å². The number of carbonyl (C=O) groups is 2. The second-order valence-electron chi connectivity index (χ2n) is 7.96. The molecule has 2 bridgehead atoms. The van der Waals surface area contributed by atoms with Gasteiger partial charge in [0.15, 0.2) is 0 Å². The molecule has 7 heteroatoms. The Morgan fingerprint density at radius 3 is 2.85 bits per heavy atom. The summed E-state index contributed by atoms with van der Waals surface area (Å²) in [6, 6.07) is 3.76. The van der Waals surface area contributed by atoms with Crippen molar-refractivity contribution >= 4 is 22.8 Å². The summed E-state index contributed by atoms with van der Waals surface area (Å²) < 4.78 is 5.92. The van der Waals surface area contributed by atoms with Crippen molar-refractivity contribution in [2.24, 2.45) is 5.92 Å². The first-order valence-electron chi connectivity index (χ1n) is 9.88. The van der Waals surface area contributed by atoms with Crippen molar-refractivity contribution in [3.8, 4) is 0 Å². The molecule has 142 valence electrons. The number of nitrogens with one attached hydrogen (secondary N) is 2. The van der Waals surface area contributed by atoms with Crippen LogP contribution in [0.4, 0.5) is 0 Å². The van der Waals surface area contributed by atoms with Crippen molar-refractivity contribution < 1.29 is 14.0 Å². The Morgan fingerprint density at radius 1 is 1.26 bits per heavy atom. The van der Waals surface area contributed by atoms with Gasteiger partial charge >= 0.3 is 0 Å². The number of hydrogen-bond donors (Lipinski definition) is 2. The largest absolute Gasteiger partial charge is 0.460 e. The fraction of sp³-hybridized carbons (Fsp3) is 0.550. The molecule has 4 fully saturated rings. The van der Waals surface area contributed by atoms with Crippen molar-refractivity contribution in [2.45, 2.75) is 37.6 Å². The molecular weight excluding hydrogens is 344 g/mol. The van der Waals surface area contributed by atoms with Crippen molar-refractivity contribution in [2.75, 3.05) is 26.2 Å². The molecule has 2 aromatic rings. The summed E-state index contributed by atoms with van der Waals surface area (Å²) in [5, 5.41) is 6.86. The third-order valence-electron chi connectivity index (χ3n) is 6.25. The summed E-state index contributed by atoms with van der Waals surface area (Å²) in [5.74, 6) is 0.828. The number of rotatable bonds is 3. The molecule has 2 aromatic heterocycles. The number of carbonyl (C=O) groups excluding carboxylic acids is 2. The maximum atomic E-state index is 12.7. The fourth-order valence-electron chi connectivity index (χ4n) is 4.66. The van der Waals surface area contributed by atoms with E-state index in [9.17, 15) is 9.59 Å². The summed E-state index contributed by atoms with van der Waals surface area (Å²) in [6.07, 6.45) is 5.70. The molecule has 0 saturated carbocycles. The van der Waals surface area contributed by atoms with E-state index in [2.05, 4.69) is 20.5 Å². The summed E-state index contributed by atoms with van der Waals surface area (Å²) in [4.78, 5) is 31.5. The minimum atomic E-state index is -0.254. The van der Waals surface area contributed by atoms with E-state index in [0.29, 0.717) is 23.0 Å². The lowest BCUT2D eigenvalue weighted by molar-refractivity contribution is -0.124. The molecule has 2 N–H and O–H groups in total. The highest BCUT2D eigenvalue weighted by Crippen LogP contribution is 2.30. The first-order chi connectivity index (χ1) is 13.2. The van der Waals surface area contributed by atoms with Crippen LogP contribution in [0.3, 0.4) is 0 Å². The molecule has 2 atom stereocenters. The molecule has 4 aliphatic rings. The van der Waals surface area contributed by atoms with Gasteiger partial charge in [-0.2, -0.15) is 0 Å². The zero-order chi connectivity index (χ0) is 18.4. The van der Waals surface area contributed by atoms with E-state index < -0.39 is 0 Å². The second kappa shape index (κ2) is 6.64. The fourth-order valence-corrected chi connectivity index (χ4v) is 4.66. The van der Waals surface area contributed by atoms with Gasteiger partial charge in [0.05, 0.1) is 5.92 Å². The van der Waals surface area contributed by atoms with Gasteiger partial charge in [-0.25, -0.2) is 0 Å². The first kappa shape index (κ1) is 16.7. The number of aromatic nitrogens is 1. The van der Waals surface area contributed by atoms with Crippen molar-refractivity contribution in [1.82, 2.24) is 20.5 Å². The number of piperidine rings is 4. The van der Waals surface area contributed by atoms with Gasteiger partial charge in [-0.1, -0.05) is 0 Å². The highest BCUT2D eigenvalue weighted by atomic mass is 16.3. The summed E-state index contributed by atoms with van der Waals surface area (Å²) in [6.45, 7) is 3.94. The Kier molecular flexibility index (Phi) is 4.11. The highest BCUT2D eigenvalue weighted by molar-refractivity contribution is 5.95. The van der Waals surface area contributed by atoms with Gasteiger partial charge in [0.2, 0.25) is 5.91 Å². The van der Waals surface area contributed by atoms with Crippen LogP contribution in [-0.4, -0.2) is 53.9 Å². The number of fused-ring (bicyclic) bond motifs is 4. The lowest BCUT2D eigenvalue weighted by Gasteiger charge is -2.44. The molecule has 6 heterocycles. The molecular formula is C20H24N4O3. The average molecular weight is 368 g/mol. The van der Waals surface area contributed by atoms with Crippen LogP contribution in [0.5, 0.6) is 0 Å². The van der Waals surface area contributed by atoms with E-state index in [1.807, 2.05) is 6.07 Å². The predicted molar refractivity (Wildman–Crippen MR) is 99.4 cm³/mol. The maximum Gasteiger partial charge on any atom is 0.270 e. The van der Waals surface area contributed by atoms with E-state index in [-0.39, 0.29) is 23.8 Å². The van der Waals surface area contributed by atoms with Crippen molar-refractivity contribution in [1.29, 1.82) is 0 Å². The third-order valence-corrected chi connectivity index (χ3v) is 6.25. The summed E-state index contributed by atoms with van der Waals surface area (Å²) >= 11 is 0. The quantitative estimate of drug-likeness (QED) is 0.860. The molecule has 27 heavy (non-hydrogen) atoms. The molecule has 0 aromatic carbocycles. The molecule has 6 rings (SSSR count). The van der Waals surface area contributed by atoms with Crippen LogP contribution in [0, 0.1) is 5.92 Å². The van der Waals surface area contributed by atoms with Crippen molar-refractivity contribution in [3.05, 3.63) is 29.8 Å². The van der Waals surface area contributed by atoms with Gasteiger partial charge in [0.25, 0.3) is 5.91 Å². The lowest BCUT2D eigenvalue weighted by atomic mass is 9.84. The van der Waals surface area contributed by atoms with Gasteiger partial charge < -0.3 is 20.0 Å². The van der Waals surface area contributed by atoms with Crippen LogP contribution in [-0.2, 0) is 4.79 Å². The van der Waals surface area contributed by atoms with Crippen LogP contribution in [0.25, 0.3) is 11.0 Å². The number of furan rings is 1. The van der Waals surface area contributed by atoms with Gasteiger partial charge in [-0.05, 0) is 50.8 Å². The van der Waals surface area contributed by atoms with E-state index in [0.717, 1.165) is 57.2 Å². The Hall–Kier alpha value is -2.41. The van der Waals surface area contributed by atoms with E-state index in [1.54, 1.807) is 12.3 Å². The number of amides is 2. The van der Waals surface area contributed by atoms with E-state index >= 15 is 0 Å². The molecule has 7 nitrogen and oxygen atoms in total. The van der Waals surface area contributed by atoms with Crippen LogP contribution >= 0.6 is 0 Å². The first-order valence-corrected chi connectivity index (χ1v) is 9.88. The Bertz CT molecular complexity index is 884. The smallest absolute Gasteiger partial charge is 0.270 e. The predicted octanol–water partition coefficient (Wildman–Crippen LogP) is 1.65. The standard InChI is InChI=1S/C20H24N4O3/c25-19-14(2-1-5-21-19)18-8-13-10-22-15(9-17(13)27-18)20(26)23-16-11-24-6-3-12(16)4-7-24/h8-10,12,14,16H,1-7,11H2,(H,21,25)(H,23,26)/t14?,16-/m0/s1. The number of hydrogen-bond acceptors (Lipinski definition) is 5. The molecule has 0 spiro atoms. The molecule has 2 amide bonds. The van der Waals surface area contributed by atoms with Crippen LogP contribution in [0.1, 0.15) is 47.8 Å². The normalized spacial score (nSPS) is 30.3. The zero-order valence-electron chi connectivity index (χ0n) is 15.2. The summed E-state index contributed by atoms with van der Waals surface area (Å²) in [5.41, 5.74) is 0.977. The lowest BCUT2D eigenvalue weighted by Crippen LogP contribution is -2.57. The molecule has 0 radical (unpaired) electrons. The third kappa shape index (κ3) is 3.10. The maximum absolute atomic E-state index is 12.7. The topological polar surface area (TPSA) is 87.5 Å². The van der Waals surface area contributed by atoms with E-state index in [1.165, 1.54) is 0 Å². The van der Waals surface area contributed by atoms with Gasteiger partial charge in [-0.15, -0.1) is 0 Å². The summed E-state index contributed by atoms with van der Waals surface area (Å²) in [7, 11) is 0. The Morgan fingerprint density at radius 2 is 2.11 bits per heavy atom. The minimum Gasteiger partial charge on any atom is -0.460 e. The molecule has 0 aliphatic carbocycles. The number of nitrogens with zero attached hydrogens (tertiary/aromatic N) is 2. The van der Waals surface area contributed by atoms with E-state index in [4.69, 9.17) is 4.42 Å². The minimum absolute atomic E-state index is 0.00795. The van der Waals surface area contributed by atoms with Crippen LogP contribution in [0.2, 0.25) is 0 Å². The van der Waals surface area contributed by atoms with Gasteiger partial charge in [0, 0.05) is 36.8 Å². The molecule has 4 aliphatic heterocycles. The average Bonchev–Trinajstić information content (AvgIpc) is 3.12. The monoisotopic (exact) mass is 368 g/mol. The van der Waals surface area contributed by atoms with Crippen LogP contribution < -0.4 is 10.6 Å². The second-order valence-corrected chi connectivity index (χ2v) is 7.96.